The molecule has 2 aliphatic rings. The van der Waals surface area contributed by atoms with Crippen LogP contribution < -0.4 is 5.32 Å². The van der Waals surface area contributed by atoms with Crippen LogP contribution in [-0.2, 0) is 4.74 Å². The number of morpholine rings is 1. The van der Waals surface area contributed by atoms with E-state index in [2.05, 4.69) is 15.2 Å². The highest BCUT2D eigenvalue weighted by Gasteiger charge is 2.29. The monoisotopic (exact) mass is 304 g/mol. The highest BCUT2D eigenvalue weighted by Crippen LogP contribution is 2.31. The molecule has 120 valence electrons. The summed E-state index contributed by atoms with van der Waals surface area (Å²) in [4.78, 5) is 20.8. The smallest absolute Gasteiger partial charge is 0.317 e. The zero-order valence-electron chi connectivity index (χ0n) is 12.9. The number of amides is 2. The number of rotatable bonds is 4. The van der Waals surface area contributed by atoms with Gasteiger partial charge in [0.05, 0.1) is 19.3 Å². The van der Waals surface area contributed by atoms with Crippen LogP contribution in [-0.4, -0.2) is 66.8 Å². The molecular formula is C16H24N4O2. The molecule has 6 heteroatoms. The molecule has 0 aliphatic carbocycles. The fourth-order valence-corrected chi connectivity index (χ4v) is 3.19. The molecule has 2 fully saturated rings. The Kier molecular flexibility index (Phi) is 5.24. The van der Waals surface area contributed by atoms with E-state index in [-0.39, 0.29) is 12.1 Å². The molecule has 2 aliphatic heterocycles. The highest BCUT2D eigenvalue weighted by molar-refractivity contribution is 5.75. The van der Waals surface area contributed by atoms with Crippen LogP contribution in [0.2, 0.25) is 0 Å². The predicted octanol–water partition coefficient (Wildman–Crippen LogP) is 1.26. The molecule has 1 aromatic rings. The maximum atomic E-state index is 12.4. The first-order valence-electron chi connectivity index (χ1n) is 8.09. The van der Waals surface area contributed by atoms with Crippen molar-refractivity contribution in [3.8, 4) is 0 Å². The van der Waals surface area contributed by atoms with Crippen molar-refractivity contribution in [2.45, 2.75) is 18.9 Å². The molecule has 2 saturated heterocycles. The van der Waals surface area contributed by atoms with Crippen molar-refractivity contribution in [3.63, 3.8) is 0 Å². The third-order valence-electron chi connectivity index (χ3n) is 4.41. The number of hydrogen-bond acceptors (Lipinski definition) is 4. The number of ether oxygens (including phenoxy) is 1. The maximum absolute atomic E-state index is 12.4. The van der Waals surface area contributed by atoms with Gasteiger partial charge in [-0.1, -0.05) is 0 Å². The zero-order chi connectivity index (χ0) is 15.2. The Hall–Kier alpha value is -1.66. The molecular weight excluding hydrogens is 280 g/mol. The third kappa shape index (κ3) is 3.75. The minimum atomic E-state index is 0.0487. The molecule has 22 heavy (non-hydrogen) atoms. The average Bonchev–Trinajstić information content (AvgIpc) is 3.06. The Labute approximate surface area is 131 Å². The van der Waals surface area contributed by atoms with E-state index in [0.29, 0.717) is 6.54 Å². The van der Waals surface area contributed by atoms with Crippen LogP contribution >= 0.6 is 0 Å². The van der Waals surface area contributed by atoms with Gasteiger partial charge in [0.2, 0.25) is 0 Å². The first-order chi connectivity index (χ1) is 10.8. The molecule has 0 aromatic carbocycles. The Balaban J connectivity index is 1.48. The van der Waals surface area contributed by atoms with E-state index < -0.39 is 0 Å². The number of nitrogens with one attached hydrogen (secondary N) is 1. The van der Waals surface area contributed by atoms with Crippen molar-refractivity contribution >= 4 is 6.03 Å². The van der Waals surface area contributed by atoms with Crippen molar-refractivity contribution in [2.24, 2.45) is 0 Å². The minimum Gasteiger partial charge on any atom is -0.379 e. The van der Waals surface area contributed by atoms with Crippen LogP contribution in [0.3, 0.4) is 0 Å². The van der Waals surface area contributed by atoms with Gasteiger partial charge in [0.25, 0.3) is 0 Å². The van der Waals surface area contributed by atoms with Gasteiger partial charge in [-0.05, 0) is 30.5 Å². The SMILES string of the molecule is O=C(NCCN1CCOCC1)N1CCC[C@H]1c1ccncc1. The molecule has 2 amide bonds. The Bertz CT molecular complexity index is 476. The molecule has 1 atom stereocenters. The zero-order valence-corrected chi connectivity index (χ0v) is 12.9. The third-order valence-corrected chi connectivity index (χ3v) is 4.41. The summed E-state index contributed by atoms with van der Waals surface area (Å²) in [7, 11) is 0. The van der Waals surface area contributed by atoms with Crippen LogP contribution in [0.4, 0.5) is 4.79 Å². The second-order valence-electron chi connectivity index (χ2n) is 5.82. The number of pyridine rings is 1. The number of hydrogen-bond donors (Lipinski definition) is 1. The summed E-state index contributed by atoms with van der Waals surface area (Å²) in [6.07, 6.45) is 5.68. The van der Waals surface area contributed by atoms with Crippen LogP contribution in [0.15, 0.2) is 24.5 Å². The van der Waals surface area contributed by atoms with E-state index in [9.17, 15) is 4.79 Å². The van der Waals surface area contributed by atoms with Gasteiger partial charge in [-0.2, -0.15) is 0 Å². The number of carbonyl (C=O) groups excluding carboxylic acids is 1. The second kappa shape index (κ2) is 7.56. The largest absolute Gasteiger partial charge is 0.379 e. The lowest BCUT2D eigenvalue weighted by Crippen LogP contribution is -2.45. The number of urea groups is 1. The molecule has 3 heterocycles. The van der Waals surface area contributed by atoms with Gasteiger partial charge in [-0.25, -0.2) is 4.79 Å². The van der Waals surface area contributed by atoms with Gasteiger partial charge in [0.1, 0.15) is 0 Å². The van der Waals surface area contributed by atoms with Crippen LogP contribution in [0.25, 0.3) is 0 Å². The summed E-state index contributed by atoms with van der Waals surface area (Å²) in [5, 5.41) is 3.06. The summed E-state index contributed by atoms with van der Waals surface area (Å²) in [5.74, 6) is 0. The second-order valence-corrected chi connectivity index (χ2v) is 5.82. The van der Waals surface area contributed by atoms with Crippen molar-refractivity contribution in [2.75, 3.05) is 45.9 Å². The highest BCUT2D eigenvalue weighted by atomic mass is 16.5. The van der Waals surface area contributed by atoms with E-state index in [1.54, 1.807) is 12.4 Å². The number of nitrogens with zero attached hydrogens (tertiary/aromatic N) is 3. The molecule has 1 N–H and O–H groups in total. The van der Waals surface area contributed by atoms with Crippen molar-refractivity contribution in [1.82, 2.24) is 20.1 Å². The average molecular weight is 304 g/mol. The van der Waals surface area contributed by atoms with Crippen molar-refractivity contribution in [1.29, 1.82) is 0 Å². The van der Waals surface area contributed by atoms with Gasteiger partial charge in [-0.3, -0.25) is 9.88 Å². The van der Waals surface area contributed by atoms with E-state index in [1.165, 1.54) is 5.56 Å². The first-order valence-corrected chi connectivity index (χ1v) is 8.09. The Morgan fingerprint density at radius 3 is 2.82 bits per heavy atom. The quantitative estimate of drug-likeness (QED) is 0.910. The minimum absolute atomic E-state index is 0.0487. The Morgan fingerprint density at radius 2 is 2.05 bits per heavy atom. The van der Waals surface area contributed by atoms with Gasteiger partial charge < -0.3 is 15.0 Å². The van der Waals surface area contributed by atoms with Crippen LogP contribution in [0.5, 0.6) is 0 Å². The van der Waals surface area contributed by atoms with Gasteiger partial charge in [0.15, 0.2) is 0 Å². The molecule has 0 bridgehead atoms. The summed E-state index contributed by atoms with van der Waals surface area (Å²) >= 11 is 0. The van der Waals surface area contributed by atoms with Crippen molar-refractivity contribution in [3.05, 3.63) is 30.1 Å². The molecule has 0 radical (unpaired) electrons. The lowest BCUT2D eigenvalue weighted by molar-refractivity contribution is 0.0385. The molecule has 3 rings (SSSR count). The summed E-state index contributed by atoms with van der Waals surface area (Å²) in [6, 6.07) is 4.24. The number of aromatic nitrogens is 1. The fraction of sp³-hybridized carbons (Fsp3) is 0.625. The van der Waals surface area contributed by atoms with E-state index >= 15 is 0 Å². The normalized spacial score (nSPS) is 22.7. The number of likely N-dealkylation sites (tertiary alicyclic amines) is 1. The standard InChI is InChI=1S/C16H24N4O2/c21-16(18-7-9-19-10-12-22-13-11-19)20-8-1-2-15(20)14-3-5-17-6-4-14/h3-6,15H,1-2,7-13H2,(H,18,21)/t15-/m0/s1. The van der Waals surface area contributed by atoms with Gasteiger partial charge in [-0.15, -0.1) is 0 Å². The lowest BCUT2D eigenvalue weighted by Gasteiger charge is -2.28. The molecule has 0 saturated carbocycles. The maximum Gasteiger partial charge on any atom is 0.317 e. The van der Waals surface area contributed by atoms with Crippen LogP contribution in [0.1, 0.15) is 24.4 Å². The van der Waals surface area contributed by atoms with E-state index in [0.717, 1.165) is 52.2 Å². The summed E-state index contributed by atoms with van der Waals surface area (Å²) < 4.78 is 5.33. The van der Waals surface area contributed by atoms with E-state index in [4.69, 9.17) is 4.74 Å². The topological polar surface area (TPSA) is 57.7 Å². The first kappa shape index (κ1) is 15.2. The molecule has 0 unspecified atom stereocenters. The van der Waals surface area contributed by atoms with E-state index in [1.807, 2.05) is 17.0 Å². The predicted molar refractivity (Wildman–Crippen MR) is 83.6 cm³/mol. The van der Waals surface area contributed by atoms with Crippen molar-refractivity contribution < 1.29 is 9.53 Å². The molecule has 1 aromatic heterocycles. The van der Waals surface area contributed by atoms with Gasteiger partial charge in [0, 0.05) is 45.1 Å². The Morgan fingerprint density at radius 1 is 1.27 bits per heavy atom. The summed E-state index contributed by atoms with van der Waals surface area (Å²) in [5.41, 5.74) is 1.18. The summed E-state index contributed by atoms with van der Waals surface area (Å²) in [6.45, 7) is 5.92. The fourth-order valence-electron chi connectivity index (χ4n) is 3.19. The molecule has 6 nitrogen and oxygen atoms in total. The lowest BCUT2D eigenvalue weighted by atomic mass is 10.1. The molecule has 0 spiro atoms. The van der Waals surface area contributed by atoms with Crippen LogP contribution in [0, 0.1) is 0 Å². The van der Waals surface area contributed by atoms with Gasteiger partial charge >= 0.3 is 6.03 Å². The number of carbonyl (C=O) groups is 1.